The Morgan fingerprint density at radius 1 is 0.786 bits per heavy atom. The molecule has 3 heteroatoms. The molecule has 0 bridgehead atoms. The molecular weight excluding hydrogens is 410 g/mol. The molecule has 2 nitrogen and oxygen atoms in total. The number of hydrogen-bond acceptors (Lipinski definition) is 2. The summed E-state index contributed by atoms with van der Waals surface area (Å²) < 4.78 is 5.13. The molecule has 0 spiro atoms. The Bertz CT molecular complexity index is 980. The third kappa shape index (κ3) is 3.96. The normalized spacial score (nSPS) is 18.6. The molecule has 1 atom stereocenters. The Hall–Kier alpha value is -2.62. The lowest BCUT2D eigenvalue weighted by molar-refractivity contribution is 0.119. The summed E-state index contributed by atoms with van der Waals surface area (Å²) in [5.74, 6) is 0. The zero-order chi connectivity index (χ0) is 19.4. The molecule has 0 saturated carbocycles. The summed E-state index contributed by atoms with van der Waals surface area (Å²) in [5, 5.41) is 0. The predicted octanol–water partition coefficient (Wildman–Crippen LogP) is 7.07. The maximum absolute atomic E-state index is 5.55. The quantitative estimate of drug-likeness (QED) is 0.400. The fourth-order valence-corrected chi connectivity index (χ4v) is 3.66. The van der Waals surface area contributed by atoms with Crippen molar-refractivity contribution in [1.29, 1.82) is 0 Å². The summed E-state index contributed by atoms with van der Waals surface area (Å²) in [5.41, 5.74) is 5.82. The third-order valence-corrected chi connectivity index (χ3v) is 5.85. The lowest BCUT2D eigenvalue weighted by atomic mass is 10.0. The van der Waals surface area contributed by atoms with Crippen LogP contribution < -0.4 is 4.90 Å². The van der Waals surface area contributed by atoms with Gasteiger partial charge in [-0.2, -0.15) is 0 Å². The minimum atomic E-state index is -0.421. The molecule has 3 aromatic rings. The first-order valence-electron chi connectivity index (χ1n) is 9.33. The minimum absolute atomic E-state index is 0.421. The van der Waals surface area contributed by atoms with E-state index in [0.29, 0.717) is 0 Å². The molecule has 1 unspecified atom stereocenters. The maximum Gasteiger partial charge on any atom is 0.144 e. The van der Waals surface area contributed by atoms with Crippen LogP contribution in [0.25, 0.3) is 11.1 Å². The van der Waals surface area contributed by atoms with E-state index in [-0.39, 0.29) is 0 Å². The fraction of sp³-hybridized carbons (Fsp3) is 0.120. The zero-order valence-corrected chi connectivity index (χ0v) is 17.3. The number of methoxy groups -OCH3 is 1. The van der Waals surface area contributed by atoms with Crippen molar-refractivity contribution in [2.24, 2.45) is 0 Å². The second kappa shape index (κ2) is 8.17. The van der Waals surface area contributed by atoms with Crippen molar-refractivity contribution in [1.82, 2.24) is 0 Å². The van der Waals surface area contributed by atoms with Gasteiger partial charge in [-0.25, -0.2) is 0 Å². The van der Waals surface area contributed by atoms with Crippen LogP contribution in [0, 0.1) is 0 Å². The maximum atomic E-state index is 5.55. The topological polar surface area (TPSA) is 12.5 Å². The number of allylic oxidation sites excluding steroid dienone is 1. The highest BCUT2D eigenvalue weighted by atomic mass is 79.9. The SMILES string of the molecule is COC1(Br)C=CC(N(c2ccccc2)c2ccc(-c3ccccc3)cc2)=CC1. The molecule has 1 aliphatic rings. The molecule has 0 aromatic heterocycles. The van der Waals surface area contributed by atoms with E-state index < -0.39 is 4.51 Å². The third-order valence-electron chi connectivity index (χ3n) is 4.94. The standard InChI is InChI=1S/C25H22BrNO/c1-28-25(26)18-16-24(17-19-25)27(22-10-6-3-7-11-22)23-14-12-21(13-15-23)20-8-4-2-5-9-20/h2-18H,19H2,1H3. The Kier molecular flexibility index (Phi) is 5.47. The summed E-state index contributed by atoms with van der Waals surface area (Å²) in [6, 6.07) is 29.6. The molecule has 0 saturated heterocycles. The van der Waals surface area contributed by atoms with E-state index >= 15 is 0 Å². The monoisotopic (exact) mass is 431 g/mol. The molecule has 0 fully saturated rings. The number of benzene rings is 3. The van der Waals surface area contributed by atoms with Gasteiger partial charge >= 0.3 is 0 Å². The van der Waals surface area contributed by atoms with Crippen molar-refractivity contribution in [3.63, 3.8) is 0 Å². The van der Waals surface area contributed by atoms with Gasteiger partial charge in [-0.05, 0) is 63.5 Å². The van der Waals surface area contributed by atoms with E-state index in [9.17, 15) is 0 Å². The van der Waals surface area contributed by atoms with Gasteiger partial charge in [0, 0.05) is 30.6 Å². The van der Waals surface area contributed by atoms with Gasteiger partial charge in [0.2, 0.25) is 0 Å². The van der Waals surface area contributed by atoms with Crippen LogP contribution in [0.3, 0.4) is 0 Å². The number of anilines is 2. The second-order valence-electron chi connectivity index (χ2n) is 6.74. The predicted molar refractivity (Wildman–Crippen MR) is 121 cm³/mol. The van der Waals surface area contributed by atoms with Crippen LogP contribution >= 0.6 is 15.9 Å². The molecule has 28 heavy (non-hydrogen) atoms. The number of para-hydroxylation sites is 1. The van der Waals surface area contributed by atoms with Gasteiger partial charge in [-0.15, -0.1) is 0 Å². The van der Waals surface area contributed by atoms with Crippen LogP contribution in [0.5, 0.6) is 0 Å². The first kappa shape index (κ1) is 18.7. The summed E-state index contributed by atoms with van der Waals surface area (Å²) in [4.78, 5) is 2.27. The lowest BCUT2D eigenvalue weighted by Crippen LogP contribution is -2.25. The molecule has 0 N–H and O–H groups in total. The average molecular weight is 432 g/mol. The van der Waals surface area contributed by atoms with Gasteiger partial charge in [0.15, 0.2) is 0 Å². The Labute approximate surface area is 174 Å². The van der Waals surface area contributed by atoms with Crippen molar-refractivity contribution in [2.75, 3.05) is 12.0 Å². The van der Waals surface area contributed by atoms with Gasteiger partial charge in [-0.3, -0.25) is 0 Å². The highest BCUT2D eigenvalue weighted by Gasteiger charge is 2.26. The number of nitrogens with zero attached hydrogens (tertiary/aromatic N) is 1. The summed E-state index contributed by atoms with van der Waals surface area (Å²) in [6.45, 7) is 0. The van der Waals surface area contributed by atoms with Crippen LogP contribution in [0.1, 0.15) is 6.42 Å². The molecule has 0 aliphatic heterocycles. The molecule has 0 radical (unpaired) electrons. The summed E-state index contributed by atoms with van der Waals surface area (Å²) in [6.07, 6.45) is 7.15. The molecule has 140 valence electrons. The van der Waals surface area contributed by atoms with E-state index in [1.165, 1.54) is 11.1 Å². The van der Waals surface area contributed by atoms with E-state index in [1.807, 2.05) is 12.1 Å². The van der Waals surface area contributed by atoms with Crippen molar-refractivity contribution in [3.8, 4) is 11.1 Å². The number of rotatable bonds is 5. The number of alkyl halides is 1. The molecule has 0 amide bonds. The summed E-state index contributed by atoms with van der Waals surface area (Å²) >= 11 is 3.65. The van der Waals surface area contributed by atoms with Crippen LogP contribution in [0.15, 0.2) is 109 Å². The Balaban J connectivity index is 1.70. The van der Waals surface area contributed by atoms with Crippen molar-refractivity contribution >= 4 is 27.3 Å². The Morgan fingerprint density at radius 2 is 1.36 bits per heavy atom. The number of hydrogen-bond donors (Lipinski definition) is 0. The van der Waals surface area contributed by atoms with Gasteiger partial charge in [0.25, 0.3) is 0 Å². The van der Waals surface area contributed by atoms with E-state index in [2.05, 4.69) is 112 Å². The first-order valence-corrected chi connectivity index (χ1v) is 10.1. The lowest BCUT2D eigenvalue weighted by Gasteiger charge is -2.31. The van der Waals surface area contributed by atoms with Crippen LogP contribution in [-0.4, -0.2) is 11.6 Å². The fourth-order valence-electron chi connectivity index (χ4n) is 3.36. The Morgan fingerprint density at radius 3 is 1.93 bits per heavy atom. The molecule has 0 heterocycles. The molecule has 3 aromatic carbocycles. The smallest absolute Gasteiger partial charge is 0.144 e. The van der Waals surface area contributed by atoms with Crippen molar-refractivity contribution in [3.05, 3.63) is 109 Å². The largest absolute Gasteiger partial charge is 0.363 e. The van der Waals surface area contributed by atoms with Crippen molar-refractivity contribution in [2.45, 2.75) is 10.9 Å². The van der Waals surface area contributed by atoms with Crippen LogP contribution in [0.2, 0.25) is 0 Å². The van der Waals surface area contributed by atoms with Gasteiger partial charge in [0.05, 0.1) is 0 Å². The van der Waals surface area contributed by atoms with Crippen LogP contribution in [0.4, 0.5) is 11.4 Å². The average Bonchev–Trinajstić information content (AvgIpc) is 2.77. The minimum Gasteiger partial charge on any atom is -0.363 e. The first-order chi connectivity index (χ1) is 13.7. The van der Waals surface area contributed by atoms with Crippen LogP contribution in [-0.2, 0) is 4.74 Å². The summed E-state index contributed by atoms with van der Waals surface area (Å²) in [7, 11) is 1.72. The number of ether oxygens (including phenoxy) is 1. The highest BCUT2D eigenvalue weighted by Crippen LogP contribution is 2.37. The molecular formula is C25H22BrNO. The van der Waals surface area contributed by atoms with E-state index in [4.69, 9.17) is 4.74 Å². The van der Waals surface area contributed by atoms with Gasteiger partial charge in [0.1, 0.15) is 4.51 Å². The van der Waals surface area contributed by atoms with E-state index in [1.54, 1.807) is 7.11 Å². The molecule has 1 aliphatic carbocycles. The van der Waals surface area contributed by atoms with Crippen molar-refractivity contribution < 1.29 is 4.74 Å². The molecule has 4 rings (SSSR count). The second-order valence-corrected chi connectivity index (χ2v) is 8.08. The van der Waals surface area contributed by atoms with Gasteiger partial charge < -0.3 is 9.64 Å². The van der Waals surface area contributed by atoms with Gasteiger partial charge in [-0.1, -0.05) is 66.7 Å². The van der Waals surface area contributed by atoms with E-state index in [0.717, 1.165) is 23.5 Å². The highest BCUT2D eigenvalue weighted by molar-refractivity contribution is 9.10. The number of halogens is 1. The zero-order valence-electron chi connectivity index (χ0n) is 15.8.